The van der Waals surface area contributed by atoms with Crippen molar-refractivity contribution in [1.82, 2.24) is 4.72 Å². The predicted octanol–water partition coefficient (Wildman–Crippen LogP) is 1.64. The molecule has 2 heterocycles. The summed E-state index contributed by atoms with van der Waals surface area (Å²) in [7, 11) is -3.74. The Labute approximate surface area is 127 Å². The number of benzene rings is 1. The van der Waals surface area contributed by atoms with Gasteiger partial charge < -0.3 is 9.84 Å². The monoisotopic (exact) mass is 331 g/mol. The van der Waals surface area contributed by atoms with Gasteiger partial charge in [0.1, 0.15) is 0 Å². The van der Waals surface area contributed by atoms with E-state index < -0.39 is 16.0 Å². The average molecular weight is 332 g/mol. The Morgan fingerprint density at radius 2 is 2.14 bits per heavy atom. The molecule has 2 saturated heterocycles. The lowest BCUT2D eigenvalue weighted by Gasteiger charge is -2.20. The third kappa shape index (κ3) is 2.78. The molecule has 2 aliphatic heterocycles. The lowest BCUT2D eigenvalue weighted by Crippen LogP contribution is -2.41. The van der Waals surface area contributed by atoms with Gasteiger partial charge in [-0.3, -0.25) is 0 Å². The van der Waals surface area contributed by atoms with Gasteiger partial charge in [-0.2, -0.15) is 0 Å². The molecule has 2 fully saturated rings. The van der Waals surface area contributed by atoms with Gasteiger partial charge in [-0.25, -0.2) is 17.9 Å². The zero-order valence-corrected chi connectivity index (χ0v) is 12.5. The minimum Gasteiger partial charge on any atom is -0.478 e. The van der Waals surface area contributed by atoms with Crippen molar-refractivity contribution >= 4 is 27.6 Å². The molecule has 3 unspecified atom stereocenters. The van der Waals surface area contributed by atoms with E-state index in [-0.39, 0.29) is 33.7 Å². The van der Waals surface area contributed by atoms with Crippen molar-refractivity contribution < 1.29 is 23.1 Å². The molecular weight excluding hydrogens is 318 g/mol. The van der Waals surface area contributed by atoms with Crippen LogP contribution in [0.2, 0.25) is 5.02 Å². The third-order valence-electron chi connectivity index (χ3n) is 3.89. The van der Waals surface area contributed by atoms with Crippen LogP contribution in [-0.4, -0.2) is 37.7 Å². The van der Waals surface area contributed by atoms with Crippen LogP contribution in [0.1, 0.15) is 29.6 Å². The minimum atomic E-state index is -3.74. The first-order valence-corrected chi connectivity index (χ1v) is 8.43. The molecule has 0 saturated carbocycles. The second kappa shape index (κ2) is 5.24. The van der Waals surface area contributed by atoms with Crippen molar-refractivity contribution in [1.29, 1.82) is 0 Å². The van der Waals surface area contributed by atoms with Crippen LogP contribution in [-0.2, 0) is 14.8 Å². The molecule has 3 rings (SSSR count). The molecule has 2 aliphatic rings. The predicted molar refractivity (Wildman–Crippen MR) is 75.0 cm³/mol. The Hall–Kier alpha value is -1.15. The van der Waals surface area contributed by atoms with Crippen LogP contribution in [0, 0.1) is 0 Å². The summed E-state index contributed by atoms with van der Waals surface area (Å²) in [5.74, 6) is -1.20. The molecule has 8 heteroatoms. The summed E-state index contributed by atoms with van der Waals surface area (Å²) in [6.45, 7) is 0. The van der Waals surface area contributed by atoms with Gasteiger partial charge in [0.15, 0.2) is 0 Å². The van der Waals surface area contributed by atoms with Crippen LogP contribution in [0.4, 0.5) is 0 Å². The molecule has 1 aromatic carbocycles. The van der Waals surface area contributed by atoms with Crippen molar-refractivity contribution in [3.05, 3.63) is 28.8 Å². The summed E-state index contributed by atoms with van der Waals surface area (Å²) in [6.07, 6.45) is 2.57. The third-order valence-corrected chi connectivity index (χ3v) is 5.69. The van der Waals surface area contributed by atoms with Crippen molar-refractivity contribution in [2.24, 2.45) is 0 Å². The molecule has 2 bridgehead atoms. The van der Waals surface area contributed by atoms with Crippen LogP contribution in [0.5, 0.6) is 0 Å². The summed E-state index contributed by atoms with van der Waals surface area (Å²) >= 11 is 5.81. The standard InChI is InChI=1S/C13H14ClNO5S/c14-10-6-8(2-3-9(10)13(16)17)21(18,19)15-11-5-7-1-4-12(11)20-7/h2-3,6-7,11-12,15H,1,4-5H2,(H,16,17). The summed E-state index contributed by atoms with van der Waals surface area (Å²) in [5, 5.41) is 8.79. The number of ether oxygens (including phenoxy) is 1. The van der Waals surface area contributed by atoms with E-state index in [9.17, 15) is 13.2 Å². The topological polar surface area (TPSA) is 92.7 Å². The Bertz CT molecular complexity index is 690. The minimum absolute atomic E-state index is 0.0414. The second-order valence-electron chi connectivity index (χ2n) is 5.28. The Morgan fingerprint density at radius 3 is 2.67 bits per heavy atom. The Balaban J connectivity index is 1.82. The summed E-state index contributed by atoms with van der Waals surface area (Å²) in [6, 6.07) is 3.36. The Kier molecular flexibility index (Phi) is 3.69. The van der Waals surface area contributed by atoms with Crippen molar-refractivity contribution in [2.75, 3.05) is 0 Å². The van der Waals surface area contributed by atoms with Crippen LogP contribution in [0.3, 0.4) is 0 Å². The van der Waals surface area contributed by atoms with Crippen LogP contribution >= 0.6 is 11.6 Å². The van der Waals surface area contributed by atoms with E-state index >= 15 is 0 Å². The quantitative estimate of drug-likeness (QED) is 0.875. The molecule has 0 spiro atoms. The largest absolute Gasteiger partial charge is 0.478 e. The second-order valence-corrected chi connectivity index (χ2v) is 7.41. The van der Waals surface area contributed by atoms with E-state index in [0.717, 1.165) is 18.9 Å². The number of fused-ring (bicyclic) bond motifs is 2. The number of carboxylic acids is 1. The molecule has 0 amide bonds. The van der Waals surface area contributed by atoms with Crippen LogP contribution < -0.4 is 4.72 Å². The highest BCUT2D eigenvalue weighted by atomic mass is 35.5. The smallest absolute Gasteiger partial charge is 0.337 e. The first-order valence-electron chi connectivity index (χ1n) is 6.57. The SMILES string of the molecule is O=C(O)c1ccc(S(=O)(=O)NC2CC3CCC2O3)cc1Cl. The van der Waals surface area contributed by atoms with Gasteiger partial charge in [-0.15, -0.1) is 0 Å². The average Bonchev–Trinajstić information content (AvgIpc) is 2.99. The summed E-state index contributed by atoms with van der Waals surface area (Å²) < 4.78 is 32.9. The van der Waals surface area contributed by atoms with E-state index in [1.54, 1.807) is 0 Å². The normalized spacial score (nSPS) is 28.0. The zero-order chi connectivity index (χ0) is 15.2. The fourth-order valence-corrected chi connectivity index (χ4v) is 4.49. The maximum atomic E-state index is 12.3. The summed E-state index contributed by atoms with van der Waals surface area (Å²) in [5.41, 5.74) is -0.126. The maximum Gasteiger partial charge on any atom is 0.337 e. The number of hydrogen-bond acceptors (Lipinski definition) is 4. The molecule has 0 aromatic heterocycles. The number of aromatic carboxylic acids is 1. The summed E-state index contributed by atoms with van der Waals surface area (Å²) in [4.78, 5) is 10.8. The number of halogens is 1. The fourth-order valence-electron chi connectivity index (χ4n) is 2.87. The van der Waals surface area contributed by atoms with Gasteiger partial charge in [0.2, 0.25) is 10.0 Å². The van der Waals surface area contributed by atoms with Crippen molar-refractivity contribution in [3.8, 4) is 0 Å². The molecule has 0 radical (unpaired) electrons. The highest BCUT2D eigenvalue weighted by Crippen LogP contribution is 2.35. The molecule has 21 heavy (non-hydrogen) atoms. The van der Waals surface area contributed by atoms with E-state index in [1.807, 2.05) is 0 Å². The molecule has 114 valence electrons. The molecule has 6 nitrogen and oxygen atoms in total. The van der Waals surface area contributed by atoms with Crippen molar-refractivity contribution in [3.63, 3.8) is 0 Å². The molecule has 3 atom stereocenters. The molecular formula is C13H14ClNO5S. The fraction of sp³-hybridized carbons (Fsp3) is 0.462. The Morgan fingerprint density at radius 1 is 1.38 bits per heavy atom. The first kappa shape index (κ1) is 14.8. The van der Waals surface area contributed by atoms with Gasteiger partial charge in [0.25, 0.3) is 0 Å². The number of nitrogens with one attached hydrogen (secondary N) is 1. The lowest BCUT2D eigenvalue weighted by molar-refractivity contribution is 0.0697. The number of rotatable bonds is 4. The highest BCUT2D eigenvalue weighted by Gasteiger charge is 2.42. The number of carbonyl (C=O) groups is 1. The first-order chi connectivity index (χ1) is 9.87. The number of hydrogen-bond donors (Lipinski definition) is 2. The molecule has 1 aromatic rings. The van der Waals surface area contributed by atoms with Gasteiger partial charge in [-0.05, 0) is 37.5 Å². The number of carboxylic acid groups (broad SMARTS) is 1. The van der Waals surface area contributed by atoms with Crippen LogP contribution in [0.25, 0.3) is 0 Å². The highest BCUT2D eigenvalue weighted by molar-refractivity contribution is 7.89. The number of sulfonamides is 1. The maximum absolute atomic E-state index is 12.3. The van der Waals surface area contributed by atoms with E-state index in [2.05, 4.69) is 4.72 Å². The van der Waals surface area contributed by atoms with Crippen LogP contribution in [0.15, 0.2) is 23.1 Å². The van der Waals surface area contributed by atoms with Gasteiger partial charge in [0.05, 0.1) is 33.7 Å². The molecule has 2 N–H and O–H groups in total. The van der Waals surface area contributed by atoms with E-state index in [1.165, 1.54) is 12.1 Å². The van der Waals surface area contributed by atoms with Gasteiger partial charge in [-0.1, -0.05) is 11.6 Å². The van der Waals surface area contributed by atoms with Gasteiger partial charge >= 0.3 is 5.97 Å². The van der Waals surface area contributed by atoms with E-state index in [4.69, 9.17) is 21.4 Å². The zero-order valence-electron chi connectivity index (χ0n) is 11.0. The molecule has 0 aliphatic carbocycles. The van der Waals surface area contributed by atoms with E-state index in [0.29, 0.717) is 6.42 Å². The van der Waals surface area contributed by atoms with Gasteiger partial charge in [0, 0.05) is 0 Å². The van der Waals surface area contributed by atoms with Crippen molar-refractivity contribution in [2.45, 2.75) is 42.4 Å². The lowest BCUT2D eigenvalue weighted by atomic mass is 9.96.